The lowest BCUT2D eigenvalue weighted by atomic mass is 10.0. The summed E-state index contributed by atoms with van der Waals surface area (Å²) in [6.07, 6.45) is 2.24. The summed E-state index contributed by atoms with van der Waals surface area (Å²) in [5.74, 6) is 3.65. The first kappa shape index (κ1) is 11.3. The molecule has 4 nitrogen and oxygen atoms in total. The molecule has 0 spiro atoms. The Morgan fingerprint density at radius 1 is 1.22 bits per heavy atom. The van der Waals surface area contributed by atoms with Gasteiger partial charge in [0.25, 0.3) is 0 Å². The van der Waals surface area contributed by atoms with Crippen LogP contribution in [0.25, 0.3) is 11.4 Å². The van der Waals surface area contributed by atoms with E-state index in [9.17, 15) is 0 Å². The summed E-state index contributed by atoms with van der Waals surface area (Å²) in [4.78, 5) is 0. The van der Waals surface area contributed by atoms with E-state index in [4.69, 9.17) is 4.74 Å². The van der Waals surface area contributed by atoms with Crippen molar-refractivity contribution in [1.29, 1.82) is 0 Å². The van der Waals surface area contributed by atoms with Crippen molar-refractivity contribution >= 4 is 0 Å². The Balaban J connectivity index is 1.98. The minimum atomic E-state index is 0.700. The van der Waals surface area contributed by atoms with E-state index in [1.54, 1.807) is 7.11 Å². The molecule has 0 bridgehead atoms. The van der Waals surface area contributed by atoms with Gasteiger partial charge in [0.1, 0.15) is 11.6 Å². The van der Waals surface area contributed by atoms with E-state index >= 15 is 0 Å². The zero-order valence-electron chi connectivity index (χ0n) is 10.8. The Morgan fingerprint density at radius 2 is 2.00 bits per heavy atom. The third-order valence-corrected chi connectivity index (χ3v) is 3.53. The number of fused-ring (bicyclic) bond motifs is 1. The topological polar surface area (TPSA) is 39.9 Å². The molecule has 1 unspecified atom stereocenters. The molecule has 1 aliphatic heterocycles. The molecular weight excluding hydrogens is 226 g/mol. The molecule has 2 heterocycles. The van der Waals surface area contributed by atoms with Crippen LogP contribution in [-0.4, -0.2) is 21.9 Å². The standard InChI is InChI=1S/C14H17N3O/c1-10-3-8-13-15-16-14(17(13)9-10)11-4-6-12(18-2)7-5-11/h4-7,10H,3,8-9H2,1-2H3. The minimum Gasteiger partial charge on any atom is -0.497 e. The highest BCUT2D eigenvalue weighted by atomic mass is 16.5. The lowest BCUT2D eigenvalue weighted by Gasteiger charge is -2.20. The number of benzene rings is 1. The summed E-state index contributed by atoms with van der Waals surface area (Å²) in [5.41, 5.74) is 1.10. The maximum atomic E-state index is 5.17. The Labute approximate surface area is 107 Å². The van der Waals surface area contributed by atoms with Crippen molar-refractivity contribution in [2.75, 3.05) is 7.11 Å². The van der Waals surface area contributed by atoms with Gasteiger partial charge in [-0.2, -0.15) is 0 Å². The fourth-order valence-corrected chi connectivity index (χ4v) is 2.44. The van der Waals surface area contributed by atoms with Gasteiger partial charge < -0.3 is 9.30 Å². The maximum Gasteiger partial charge on any atom is 0.163 e. The van der Waals surface area contributed by atoms with Crippen LogP contribution in [0.4, 0.5) is 0 Å². The van der Waals surface area contributed by atoms with Crippen LogP contribution in [0.1, 0.15) is 19.2 Å². The van der Waals surface area contributed by atoms with Crippen LogP contribution in [0, 0.1) is 5.92 Å². The van der Waals surface area contributed by atoms with Gasteiger partial charge in [-0.05, 0) is 36.6 Å². The van der Waals surface area contributed by atoms with Gasteiger partial charge in [-0.15, -0.1) is 10.2 Å². The van der Waals surface area contributed by atoms with Crippen LogP contribution in [0.5, 0.6) is 5.75 Å². The fourth-order valence-electron chi connectivity index (χ4n) is 2.44. The minimum absolute atomic E-state index is 0.700. The molecule has 1 aliphatic rings. The van der Waals surface area contributed by atoms with Gasteiger partial charge >= 0.3 is 0 Å². The summed E-state index contributed by atoms with van der Waals surface area (Å²) in [5, 5.41) is 8.62. The van der Waals surface area contributed by atoms with E-state index in [0.717, 1.165) is 35.9 Å². The van der Waals surface area contributed by atoms with Crippen LogP contribution >= 0.6 is 0 Å². The van der Waals surface area contributed by atoms with Gasteiger partial charge in [0.05, 0.1) is 7.11 Å². The van der Waals surface area contributed by atoms with Gasteiger partial charge in [-0.1, -0.05) is 6.92 Å². The fraction of sp³-hybridized carbons (Fsp3) is 0.429. The molecule has 18 heavy (non-hydrogen) atoms. The number of hydrogen-bond acceptors (Lipinski definition) is 3. The molecule has 4 heteroatoms. The summed E-state index contributed by atoms with van der Waals surface area (Å²) in [7, 11) is 1.68. The second-order valence-electron chi connectivity index (χ2n) is 4.92. The van der Waals surface area contributed by atoms with Crippen molar-refractivity contribution in [1.82, 2.24) is 14.8 Å². The Hall–Kier alpha value is -1.84. The monoisotopic (exact) mass is 243 g/mol. The Bertz CT molecular complexity index is 545. The first-order valence-electron chi connectivity index (χ1n) is 6.34. The molecule has 0 saturated carbocycles. The third-order valence-electron chi connectivity index (χ3n) is 3.53. The van der Waals surface area contributed by atoms with Crippen molar-refractivity contribution in [3.8, 4) is 17.1 Å². The number of methoxy groups -OCH3 is 1. The third kappa shape index (κ3) is 1.88. The SMILES string of the molecule is COc1ccc(-c2nnc3n2CC(C)CC3)cc1. The van der Waals surface area contributed by atoms with E-state index in [0.29, 0.717) is 5.92 Å². The normalized spacial score (nSPS) is 18.4. The number of rotatable bonds is 2. The highest BCUT2D eigenvalue weighted by Gasteiger charge is 2.20. The van der Waals surface area contributed by atoms with Crippen LogP contribution in [0.2, 0.25) is 0 Å². The quantitative estimate of drug-likeness (QED) is 0.813. The molecule has 3 rings (SSSR count). The van der Waals surface area contributed by atoms with E-state index in [1.807, 2.05) is 24.3 Å². The maximum absolute atomic E-state index is 5.17. The van der Waals surface area contributed by atoms with Gasteiger partial charge in [0, 0.05) is 18.5 Å². The highest BCUT2D eigenvalue weighted by molar-refractivity contribution is 5.56. The Morgan fingerprint density at radius 3 is 2.72 bits per heavy atom. The highest BCUT2D eigenvalue weighted by Crippen LogP contribution is 2.26. The first-order valence-corrected chi connectivity index (χ1v) is 6.34. The van der Waals surface area contributed by atoms with Gasteiger partial charge in [0.2, 0.25) is 0 Å². The molecule has 0 saturated heterocycles. The van der Waals surface area contributed by atoms with Crippen molar-refractivity contribution in [2.45, 2.75) is 26.3 Å². The average molecular weight is 243 g/mol. The second kappa shape index (κ2) is 4.44. The Kier molecular flexibility index (Phi) is 2.78. The van der Waals surface area contributed by atoms with Crippen LogP contribution in [0.15, 0.2) is 24.3 Å². The number of hydrogen-bond donors (Lipinski definition) is 0. The van der Waals surface area contributed by atoms with Crippen molar-refractivity contribution in [3.63, 3.8) is 0 Å². The number of nitrogens with zero attached hydrogens (tertiary/aromatic N) is 3. The predicted octanol–water partition coefficient (Wildman–Crippen LogP) is 2.54. The van der Waals surface area contributed by atoms with Crippen molar-refractivity contribution < 1.29 is 4.74 Å². The summed E-state index contributed by atoms with van der Waals surface area (Å²) in [6.45, 7) is 3.30. The molecule has 0 aliphatic carbocycles. The van der Waals surface area contributed by atoms with Gasteiger partial charge in [-0.25, -0.2) is 0 Å². The summed E-state index contributed by atoms with van der Waals surface area (Å²) < 4.78 is 7.42. The van der Waals surface area contributed by atoms with Gasteiger partial charge in [0.15, 0.2) is 5.82 Å². The average Bonchev–Trinajstić information content (AvgIpc) is 2.82. The molecule has 1 aromatic heterocycles. The molecule has 94 valence electrons. The van der Waals surface area contributed by atoms with Crippen LogP contribution in [0.3, 0.4) is 0 Å². The number of aryl methyl sites for hydroxylation is 1. The number of aromatic nitrogens is 3. The molecule has 0 N–H and O–H groups in total. The van der Waals surface area contributed by atoms with Gasteiger partial charge in [-0.3, -0.25) is 0 Å². The zero-order valence-corrected chi connectivity index (χ0v) is 10.8. The van der Waals surface area contributed by atoms with E-state index in [2.05, 4.69) is 21.7 Å². The largest absolute Gasteiger partial charge is 0.497 e. The van der Waals surface area contributed by atoms with Crippen molar-refractivity contribution in [3.05, 3.63) is 30.1 Å². The molecular formula is C14H17N3O. The van der Waals surface area contributed by atoms with Crippen LogP contribution in [-0.2, 0) is 13.0 Å². The van der Waals surface area contributed by atoms with E-state index in [1.165, 1.54) is 6.42 Å². The molecule has 1 atom stereocenters. The van der Waals surface area contributed by atoms with Crippen LogP contribution < -0.4 is 4.74 Å². The number of ether oxygens (including phenoxy) is 1. The smallest absolute Gasteiger partial charge is 0.163 e. The van der Waals surface area contributed by atoms with E-state index in [-0.39, 0.29) is 0 Å². The molecule has 0 amide bonds. The van der Waals surface area contributed by atoms with E-state index < -0.39 is 0 Å². The summed E-state index contributed by atoms with van der Waals surface area (Å²) >= 11 is 0. The van der Waals surface area contributed by atoms with Crippen molar-refractivity contribution in [2.24, 2.45) is 5.92 Å². The second-order valence-corrected chi connectivity index (χ2v) is 4.92. The summed E-state index contributed by atoms with van der Waals surface area (Å²) in [6, 6.07) is 8.00. The zero-order chi connectivity index (χ0) is 12.5. The molecule has 2 aromatic rings. The molecule has 0 radical (unpaired) electrons. The lowest BCUT2D eigenvalue weighted by Crippen LogP contribution is -2.18. The molecule has 1 aromatic carbocycles. The first-order chi connectivity index (χ1) is 8.78. The lowest BCUT2D eigenvalue weighted by molar-refractivity contribution is 0.396. The predicted molar refractivity (Wildman–Crippen MR) is 69.5 cm³/mol. The molecule has 0 fully saturated rings.